The number of nitrogens with one attached hydrogen (secondary N) is 1. The molecule has 0 bridgehead atoms. The number of carbonyl (C=O) groups is 1. The van der Waals surface area contributed by atoms with E-state index in [9.17, 15) is 9.59 Å². The Morgan fingerprint density at radius 2 is 1.91 bits per heavy atom. The van der Waals surface area contributed by atoms with Gasteiger partial charge in [0.2, 0.25) is 0 Å². The molecule has 2 aromatic carbocycles. The van der Waals surface area contributed by atoms with E-state index in [1.54, 1.807) is 30.3 Å². The Labute approximate surface area is 132 Å². The van der Waals surface area contributed by atoms with Gasteiger partial charge in [0.25, 0.3) is 5.56 Å². The average Bonchev–Trinajstić information content (AvgIpc) is 2.59. The number of hydrogen-bond donors (Lipinski definition) is 1. The molecule has 116 valence electrons. The highest BCUT2D eigenvalue weighted by Gasteiger charge is 2.10. The highest BCUT2D eigenvalue weighted by Crippen LogP contribution is 2.15. The standard InChI is InChI=1S/C18H15NO4/c1-22-15-7-4-6-13(10-15)18(21)23-11-14-9-12-5-2-3-8-16(12)19-17(14)20/h2-10H,11H2,1H3,(H,19,20). The second-order valence-electron chi connectivity index (χ2n) is 5.02. The normalized spacial score (nSPS) is 10.5. The van der Waals surface area contributed by atoms with Crippen LogP contribution in [0.3, 0.4) is 0 Å². The Morgan fingerprint density at radius 3 is 2.74 bits per heavy atom. The molecule has 5 heteroatoms. The van der Waals surface area contributed by atoms with E-state index in [-0.39, 0.29) is 12.2 Å². The second-order valence-corrected chi connectivity index (χ2v) is 5.02. The number of hydrogen-bond acceptors (Lipinski definition) is 4. The van der Waals surface area contributed by atoms with Crippen molar-refractivity contribution in [1.29, 1.82) is 0 Å². The van der Waals surface area contributed by atoms with Crippen LogP contribution in [-0.4, -0.2) is 18.1 Å². The number of aromatic amines is 1. The van der Waals surface area contributed by atoms with Crippen molar-refractivity contribution < 1.29 is 14.3 Å². The summed E-state index contributed by atoms with van der Waals surface area (Å²) in [4.78, 5) is 26.9. The molecule has 0 aliphatic carbocycles. The third-order valence-electron chi connectivity index (χ3n) is 3.49. The van der Waals surface area contributed by atoms with Crippen LogP contribution < -0.4 is 10.3 Å². The molecule has 0 aliphatic rings. The molecular weight excluding hydrogens is 294 g/mol. The quantitative estimate of drug-likeness (QED) is 0.752. The van der Waals surface area contributed by atoms with E-state index in [0.29, 0.717) is 16.9 Å². The summed E-state index contributed by atoms with van der Waals surface area (Å²) >= 11 is 0. The summed E-state index contributed by atoms with van der Waals surface area (Å²) in [7, 11) is 1.53. The first-order valence-electron chi connectivity index (χ1n) is 7.09. The molecular formula is C18H15NO4. The number of rotatable bonds is 4. The van der Waals surface area contributed by atoms with Crippen LogP contribution in [0.25, 0.3) is 10.9 Å². The topological polar surface area (TPSA) is 68.4 Å². The van der Waals surface area contributed by atoms with Crippen molar-refractivity contribution in [2.45, 2.75) is 6.61 Å². The summed E-state index contributed by atoms with van der Waals surface area (Å²) in [5, 5.41) is 0.888. The fourth-order valence-corrected chi connectivity index (χ4v) is 2.28. The van der Waals surface area contributed by atoms with Crippen molar-refractivity contribution in [2.24, 2.45) is 0 Å². The van der Waals surface area contributed by atoms with Gasteiger partial charge in [-0.05, 0) is 35.7 Å². The highest BCUT2D eigenvalue weighted by molar-refractivity contribution is 5.89. The number of H-pyrrole nitrogens is 1. The maximum absolute atomic E-state index is 12.1. The van der Waals surface area contributed by atoms with Crippen molar-refractivity contribution in [3.63, 3.8) is 0 Å². The molecule has 0 saturated carbocycles. The lowest BCUT2D eigenvalue weighted by atomic mass is 10.1. The summed E-state index contributed by atoms with van der Waals surface area (Å²) in [5.74, 6) is 0.0689. The Bertz CT molecular complexity index is 914. The van der Waals surface area contributed by atoms with Crippen molar-refractivity contribution in [3.8, 4) is 5.75 Å². The molecule has 0 radical (unpaired) electrons. The predicted molar refractivity (Wildman–Crippen MR) is 86.7 cm³/mol. The first-order valence-corrected chi connectivity index (χ1v) is 7.09. The third kappa shape index (κ3) is 3.23. The smallest absolute Gasteiger partial charge is 0.338 e. The third-order valence-corrected chi connectivity index (χ3v) is 3.49. The van der Waals surface area contributed by atoms with Gasteiger partial charge in [-0.2, -0.15) is 0 Å². The maximum Gasteiger partial charge on any atom is 0.338 e. The van der Waals surface area contributed by atoms with Crippen LogP contribution in [0.2, 0.25) is 0 Å². The summed E-state index contributed by atoms with van der Waals surface area (Å²) in [6.07, 6.45) is 0. The first kappa shape index (κ1) is 14.8. The molecule has 0 saturated heterocycles. The molecule has 0 unspecified atom stereocenters. The molecule has 5 nitrogen and oxygen atoms in total. The van der Waals surface area contributed by atoms with E-state index >= 15 is 0 Å². The molecule has 1 heterocycles. The zero-order valence-corrected chi connectivity index (χ0v) is 12.5. The van der Waals surface area contributed by atoms with Gasteiger partial charge >= 0.3 is 5.97 Å². The average molecular weight is 309 g/mol. The number of para-hydroxylation sites is 1. The summed E-state index contributed by atoms with van der Waals surface area (Å²) in [6, 6.07) is 15.8. The van der Waals surface area contributed by atoms with Crippen LogP contribution in [0.4, 0.5) is 0 Å². The van der Waals surface area contributed by atoms with E-state index in [4.69, 9.17) is 9.47 Å². The van der Waals surface area contributed by atoms with Crippen LogP contribution in [-0.2, 0) is 11.3 Å². The summed E-state index contributed by atoms with van der Waals surface area (Å²) in [5.41, 5.74) is 1.27. The maximum atomic E-state index is 12.1. The molecule has 0 spiro atoms. The van der Waals surface area contributed by atoms with Crippen LogP contribution in [0.1, 0.15) is 15.9 Å². The van der Waals surface area contributed by atoms with Gasteiger partial charge in [-0.25, -0.2) is 4.79 Å². The lowest BCUT2D eigenvalue weighted by Gasteiger charge is -2.07. The first-order chi connectivity index (χ1) is 11.2. The molecule has 23 heavy (non-hydrogen) atoms. The van der Waals surface area contributed by atoms with Gasteiger partial charge in [0, 0.05) is 5.52 Å². The highest BCUT2D eigenvalue weighted by atomic mass is 16.5. The molecule has 3 rings (SSSR count). The number of esters is 1. The summed E-state index contributed by atoms with van der Waals surface area (Å²) < 4.78 is 10.3. The largest absolute Gasteiger partial charge is 0.497 e. The van der Waals surface area contributed by atoms with Crippen molar-refractivity contribution in [1.82, 2.24) is 4.98 Å². The number of pyridine rings is 1. The monoisotopic (exact) mass is 309 g/mol. The Balaban J connectivity index is 1.78. The fourth-order valence-electron chi connectivity index (χ4n) is 2.28. The fraction of sp³-hybridized carbons (Fsp3) is 0.111. The minimum absolute atomic E-state index is 0.0871. The molecule has 0 amide bonds. The minimum atomic E-state index is -0.503. The van der Waals surface area contributed by atoms with Gasteiger partial charge < -0.3 is 14.5 Å². The van der Waals surface area contributed by atoms with Crippen molar-refractivity contribution in [3.05, 3.63) is 76.1 Å². The molecule has 3 aromatic rings. The minimum Gasteiger partial charge on any atom is -0.497 e. The van der Waals surface area contributed by atoms with Crippen molar-refractivity contribution >= 4 is 16.9 Å². The van der Waals surface area contributed by atoms with Crippen LogP contribution >= 0.6 is 0 Å². The van der Waals surface area contributed by atoms with E-state index < -0.39 is 5.97 Å². The Kier molecular flexibility index (Phi) is 4.10. The van der Waals surface area contributed by atoms with E-state index in [1.165, 1.54) is 7.11 Å². The zero-order valence-electron chi connectivity index (χ0n) is 12.5. The molecule has 0 atom stereocenters. The lowest BCUT2D eigenvalue weighted by molar-refractivity contribution is 0.0471. The second kappa shape index (κ2) is 6.36. The lowest BCUT2D eigenvalue weighted by Crippen LogP contribution is -2.15. The van der Waals surface area contributed by atoms with E-state index in [1.807, 2.05) is 24.3 Å². The Morgan fingerprint density at radius 1 is 1.09 bits per heavy atom. The number of carbonyl (C=O) groups excluding carboxylic acids is 1. The molecule has 1 aromatic heterocycles. The van der Waals surface area contributed by atoms with Gasteiger partial charge in [-0.1, -0.05) is 24.3 Å². The summed E-state index contributed by atoms with van der Waals surface area (Å²) in [6.45, 7) is -0.0871. The van der Waals surface area contributed by atoms with Crippen LogP contribution in [0.5, 0.6) is 5.75 Å². The van der Waals surface area contributed by atoms with Gasteiger partial charge in [0.15, 0.2) is 0 Å². The number of benzene rings is 2. The Hall–Kier alpha value is -3.08. The van der Waals surface area contributed by atoms with E-state index in [0.717, 1.165) is 10.9 Å². The molecule has 1 N–H and O–H groups in total. The van der Waals surface area contributed by atoms with Gasteiger partial charge in [0.05, 0.1) is 18.2 Å². The number of methoxy groups -OCH3 is 1. The van der Waals surface area contributed by atoms with Gasteiger partial charge in [-0.3, -0.25) is 4.79 Å². The SMILES string of the molecule is COc1cccc(C(=O)OCc2cc3ccccc3[nH]c2=O)c1. The zero-order chi connectivity index (χ0) is 16.2. The van der Waals surface area contributed by atoms with Gasteiger partial charge in [-0.15, -0.1) is 0 Å². The molecule has 0 aliphatic heterocycles. The number of ether oxygens (including phenoxy) is 2. The van der Waals surface area contributed by atoms with E-state index in [2.05, 4.69) is 4.98 Å². The van der Waals surface area contributed by atoms with Crippen molar-refractivity contribution in [2.75, 3.05) is 7.11 Å². The predicted octanol–water partition coefficient (Wildman–Crippen LogP) is 2.89. The number of fused-ring (bicyclic) bond motifs is 1. The number of aromatic nitrogens is 1. The van der Waals surface area contributed by atoms with Crippen LogP contribution in [0.15, 0.2) is 59.4 Å². The van der Waals surface area contributed by atoms with Crippen LogP contribution in [0, 0.1) is 0 Å². The van der Waals surface area contributed by atoms with Gasteiger partial charge in [0.1, 0.15) is 12.4 Å². The molecule has 0 fully saturated rings.